The third-order valence-electron chi connectivity index (χ3n) is 2.76. The Hall–Kier alpha value is -2.70. The maximum Gasteiger partial charge on any atom is 0.230 e. The van der Waals surface area contributed by atoms with Crippen molar-refractivity contribution in [3.8, 4) is 11.6 Å². The van der Waals surface area contributed by atoms with Crippen molar-refractivity contribution in [1.29, 1.82) is 0 Å². The summed E-state index contributed by atoms with van der Waals surface area (Å²) in [7, 11) is 3.58. The average Bonchev–Trinajstić information content (AvgIpc) is 2.83. The lowest BCUT2D eigenvalue weighted by molar-refractivity contribution is 0.566. The fourth-order valence-electron chi connectivity index (χ4n) is 1.83. The third-order valence-corrected chi connectivity index (χ3v) is 2.76. The van der Waals surface area contributed by atoms with Crippen LogP contribution in [0.25, 0.3) is 22.6 Å². The highest BCUT2D eigenvalue weighted by Crippen LogP contribution is 2.28. The van der Waals surface area contributed by atoms with Crippen molar-refractivity contribution in [3.05, 3.63) is 30.1 Å². The number of furan rings is 1. The number of fused-ring (bicyclic) bond motifs is 1. The van der Waals surface area contributed by atoms with E-state index in [2.05, 4.69) is 15.0 Å². The number of hydrogen-bond acceptors (Lipinski definition) is 6. The first-order valence-electron chi connectivity index (χ1n) is 5.92. The number of nitrogen functional groups attached to an aromatic ring is 1. The molecule has 3 rings (SSSR count). The van der Waals surface area contributed by atoms with Crippen LogP contribution in [0.4, 0.5) is 16.3 Å². The van der Waals surface area contributed by atoms with Crippen LogP contribution in [-0.4, -0.2) is 29.0 Å². The van der Waals surface area contributed by atoms with Crippen LogP contribution in [0.5, 0.6) is 0 Å². The first-order chi connectivity index (χ1) is 9.54. The van der Waals surface area contributed by atoms with Crippen LogP contribution >= 0.6 is 0 Å². The molecule has 0 fully saturated rings. The van der Waals surface area contributed by atoms with E-state index in [9.17, 15) is 4.39 Å². The lowest BCUT2D eigenvalue weighted by Crippen LogP contribution is -2.15. The van der Waals surface area contributed by atoms with Gasteiger partial charge in [0.1, 0.15) is 0 Å². The van der Waals surface area contributed by atoms with Crippen molar-refractivity contribution >= 4 is 22.9 Å². The van der Waals surface area contributed by atoms with Crippen LogP contribution in [0.2, 0.25) is 0 Å². The van der Waals surface area contributed by atoms with Gasteiger partial charge in [0.15, 0.2) is 17.2 Å². The highest BCUT2D eigenvalue weighted by molar-refractivity contribution is 5.82. The second-order valence-corrected chi connectivity index (χ2v) is 4.48. The Bertz CT molecular complexity index is 784. The van der Waals surface area contributed by atoms with E-state index < -0.39 is 5.82 Å². The molecular weight excluding hydrogens is 261 g/mol. The summed E-state index contributed by atoms with van der Waals surface area (Å²) < 4.78 is 19.1. The summed E-state index contributed by atoms with van der Waals surface area (Å²) in [5.41, 5.74) is 5.83. The molecule has 0 radical (unpaired) electrons. The van der Waals surface area contributed by atoms with Crippen molar-refractivity contribution in [2.75, 3.05) is 24.7 Å². The zero-order valence-electron chi connectivity index (χ0n) is 11.0. The molecule has 0 atom stereocenters. The van der Waals surface area contributed by atoms with Gasteiger partial charge in [-0.25, -0.2) is 4.39 Å². The molecule has 6 nitrogen and oxygen atoms in total. The van der Waals surface area contributed by atoms with Gasteiger partial charge in [0.2, 0.25) is 17.7 Å². The van der Waals surface area contributed by atoms with Gasteiger partial charge in [-0.2, -0.15) is 15.0 Å². The van der Waals surface area contributed by atoms with Gasteiger partial charge in [-0.1, -0.05) is 12.1 Å². The molecule has 0 saturated heterocycles. The number of nitrogens with zero attached hydrogens (tertiary/aromatic N) is 4. The zero-order valence-corrected chi connectivity index (χ0v) is 11.0. The minimum absolute atomic E-state index is 0.0830. The number of nitrogens with two attached hydrogens (primary N) is 1. The minimum Gasteiger partial charge on any atom is -0.450 e. The quantitative estimate of drug-likeness (QED) is 0.769. The Balaban J connectivity index is 2.17. The molecule has 1 aromatic carbocycles. The molecule has 0 bridgehead atoms. The molecule has 2 heterocycles. The van der Waals surface area contributed by atoms with Gasteiger partial charge in [-0.15, -0.1) is 0 Å². The molecule has 0 unspecified atom stereocenters. The van der Waals surface area contributed by atoms with Crippen LogP contribution in [0.1, 0.15) is 0 Å². The van der Waals surface area contributed by atoms with Gasteiger partial charge in [0.25, 0.3) is 0 Å². The first kappa shape index (κ1) is 12.3. The van der Waals surface area contributed by atoms with Gasteiger partial charge < -0.3 is 15.1 Å². The lowest BCUT2D eigenvalue weighted by atomic mass is 10.2. The standard InChI is InChI=1S/C13H12FN5O/c1-19(2)13-17-11(16-12(15)18-13)9-6-7-4-3-5-8(14)10(7)20-9/h3-6H,1-2H3,(H2,15,16,17,18). The maximum atomic E-state index is 13.6. The topological polar surface area (TPSA) is 81.1 Å². The fraction of sp³-hybridized carbons (Fsp3) is 0.154. The van der Waals surface area contributed by atoms with E-state index in [1.807, 2.05) is 0 Å². The Labute approximate surface area is 114 Å². The molecule has 0 aliphatic heterocycles. The van der Waals surface area contributed by atoms with Crippen LogP contribution in [-0.2, 0) is 0 Å². The number of rotatable bonds is 2. The van der Waals surface area contributed by atoms with Crippen LogP contribution < -0.4 is 10.6 Å². The second-order valence-electron chi connectivity index (χ2n) is 4.48. The fourth-order valence-corrected chi connectivity index (χ4v) is 1.83. The number of para-hydroxylation sites is 1. The number of hydrogen-bond donors (Lipinski definition) is 1. The lowest BCUT2D eigenvalue weighted by Gasteiger charge is -2.10. The number of halogens is 1. The SMILES string of the molecule is CN(C)c1nc(N)nc(-c2cc3cccc(F)c3o2)n1. The molecule has 2 N–H and O–H groups in total. The number of benzene rings is 1. The van der Waals surface area contributed by atoms with Crippen molar-refractivity contribution in [1.82, 2.24) is 15.0 Å². The molecular formula is C13H12FN5O. The molecule has 0 aliphatic carbocycles. The molecule has 0 saturated carbocycles. The molecule has 2 aromatic heterocycles. The van der Waals surface area contributed by atoms with Crippen molar-refractivity contribution in [2.45, 2.75) is 0 Å². The van der Waals surface area contributed by atoms with E-state index in [4.69, 9.17) is 10.2 Å². The van der Waals surface area contributed by atoms with Gasteiger partial charge in [-0.3, -0.25) is 0 Å². The summed E-state index contributed by atoms with van der Waals surface area (Å²) in [5, 5.41) is 0.644. The predicted molar refractivity (Wildman–Crippen MR) is 73.7 cm³/mol. The van der Waals surface area contributed by atoms with Crippen molar-refractivity contribution < 1.29 is 8.81 Å². The highest BCUT2D eigenvalue weighted by atomic mass is 19.1. The van der Waals surface area contributed by atoms with Crippen molar-refractivity contribution in [3.63, 3.8) is 0 Å². The molecule has 0 amide bonds. The molecule has 0 spiro atoms. The Morgan fingerprint density at radius 3 is 2.70 bits per heavy atom. The van der Waals surface area contributed by atoms with Crippen LogP contribution in [0, 0.1) is 5.82 Å². The first-order valence-corrected chi connectivity index (χ1v) is 5.92. The van der Waals surface area contributed by atoms with Gasteiger partial charge in [0, 0.05) is 19.5 Å². The van der Waals surface area contributed by atoms with E-state index in [0.717, 1.165) is 0 Å². The normalized spacial score (nSPS) is 10.9. The van der Waals surface area contributed by atoms with E-state index in [0.29, 0.717) is 17.1 Å². The van der Waals surface area contributed by atoms with Crippen LogP contribution in [0.3, 0.4) is 0 Å². The van der Waals surface area contributed by atoms with E-state index >= 15 is 0 Å². The average molecular weight is 273 g/mol. The Morgan fingerprint density at radius 2 is 2.00 bits per heavy atom. The molecule has 0 aliphatic rings. The summed E-state index contributed by atoms with van der Waals surface area (Å²) in [6, 6.07) is 6.38. The van der Waals surface area contributed by atoms with E-state index in [-0.39, 0.29) is 17.4 Å². The zero-order chi connectivity index (χ0) is 14.3. The maximum absolute atomic E-state index is 13.6. The largest absolute Gasteiger partial charge is 0.450 e. The van der Waals surface area contributed by atoms with E-state index in [1.165, 1.54) is 6.07 Å². The summed E-state index contributed by atoms with van der Waals surface area (Å²) >= 11 is 0. The molecule has 20 heavy (non-hydrogen) atoms. The third kappa shape index (κ3) is 2.03. The summed E-state index contributed by atoms with van der Waals surface area (Å²) in [6.07, 6.45) is 0. The Kier molecular flexibility index (Phi) is 2.74. The minimum atomic E-state index is -0.427. The number of anilines is 2. The summed E-state index contributed by atoms with van der Waals surface area (Å²) in [5.74, 6) is 0.691. The number of aromatic nitrogens is 3. The van der Waals surface area contributed by atoms with Gasteiger partial charge >= 0.3 is 0 Å². The molecule has 3 aromatic rings. The smallest absolute Gasteiger partial charge is 0.230 e. The second kappa shape index (κ2) is 4.44. The molecule has 102 valence electrons. The van der Waals surface area contributed by atoms with Gasteiger partial charge in [-0.05, 0) is 12.1 Å². The monoisotopic (exact) mass is 273 g/mol. The van der Waals surface area contributed by atoms with Crippen LogP contribution in [0.15, 0.2) is 28.7 Å². The summed E-state index contributed by atoms with van der Waals surface area (Å²) in [6.45, 7) is 0. The predicted octanol–water partition coefficient (Wildman–Crippen LogP) is 2.07. The Morgan fingerprint density at radius 1 is 1.20 bits per heavy atom. The highest BCUT2D eigenvalue weighted by Gasteiger charge is 2.14. The van der Waals surface area contributed by atoms with Gasteiger partial charge in [0.05, 0.1) is 0 Å². The summed E-state index contributed by atoms with van der Waals surface area (Å²) in [4.78, 5) is 14.0. The van der Waals surface area contributed by atoms with Crippen molar-refractivity contribution in [2.24, 2.45) is 0 Å². The molecule has 7 heteroatoms. The van der Waals surface area contributed by atoms with E-state index in [1.54, 1.807) is 37.2 Å².